The Morgan fingerprint density at radius 1 is 1.11 bits per heavy atom. The molecule has 0 atom stereocenters. The first kappa shape index (κ1) is 20.1. The minimum Gasteiger partial charge on any atom is -0.507 e. The van der Waals surface area contributed by atoms with Gasteiger partial charge in [-0.1, -0.05) is 0 Å². The summed E-state index contributed by atoms with van der Waals surface area (Å²) in [4.78, 5) is 4.35. The first-order valence-electron chi connectivity index (χ1n) is 8.62. The molecule has 150 valence electrons. The molecule has 0 bridgehead atoms. The SMILES string of the molecule is COc1ccc(O)c(C=Nc2ccc(OC)c(S(=O)(=O)N3CCOCC3)c2)c1. The van der Waals surface area contributed by atoms with Crippen LogP contribution < -0.4 is 9.47 Å². The van der Waals surface area contributed by atoms with Crippen LogP contribution in [0.25, 0.3) is 0 Å². The predicted octanol–water partition coefficient (Wildman–Crippen LogP) is 2.18. The lowest BCUT2D eigenvalue weighted by Gasteiger charge is -2.26. The van der Waals surface area contributed by atoms with Crippen molar-refractivity contribution in [3.8, 4) is 17.2 Å². The van der Waals surface area contributed by atoms with Gasteiger partial charge in [-0.15, -0.1) is 0 Å². The second kappa shape index (κ2) is 8.59. The minimum atomic E-state index is -3.74. The van der Waals surface area contributed by atoms with Gasteiger partial charge in [0, 0.05) is 24.9 Å². The highest BCUT2D eigenvalue weighted by Gasteiger charge is 2.29. The first-order valence-corrected chi connectivity index (χ1v) is 10.1. The molecule has 28 heavy (non-hydrogen) atoms. The van der Waals surface area contributed by atoms with Crippen LogP contribution in [0.1, 0.15) is 5.56 Å². The van der Waals surface area contributed by atoms with Gasteiger partial charge in [-0.25, -0.2) is 8.42 Å². The fourth-order valence-electron chi connectivity index (χ4n) is 2.78. The van der Waals surface area contributed by atoms with Crippen LogP contribution in [0.3, 0.4) is 0 Å². The van der Waals surface area contributed by atoms with Gasteiger partial charge in [-0.2, -0.15) is 4.31 Å². The van der Waals surface area contributed by atoms with Crippen molar-refractivity contribution >= 4 is 21.9 Å². The van der Waals surface area contributed by atoms with Crippen molar-refractivity contribution in [2.75, 3.05) is 40.5 Å². The van der Waals surface area contributed by atoms with Gasteiger partial charge in [-0.3, -0.25) is 4.99 Å². The minimum absolute atomic E-state index is 0.0409. The average Bonchev–Trinajstić information content (AvgIpc) is 2.73. The molecular formula is C19H22N2O6S. The molecule has 0 radical (unpaired) electrons. The normalized spacial score (nSPS) is 15.6. The number of aliphatic imine (C=N–C) groups is 1. The van der Waals surface area contributed by atoms with E-state index in [1.54, 1.807) is 24.3 Å². The molecule has 0 spiro atoms. The number of benzene rings is 2. The van der Waals surface area contributed by atoms with Gasteiger partial charge in [0.1, 0.15) is 22.1 Å². The highest BCUT2D eigenvalue weighted by atomic mass is 32.2. The largest absolute Gasteiger partial charge is 0.507 e. The molecule has 1 N–H and O–H groups in total. The number of hydrogen-bond acceptors (Lipinski definition) is 7. The van der Waals surface area contributed by atoms with Crippen molar-refractivity contribution in [3.63, 3.8) is 0 Å². The number of nitrogens with zero attached hydrogens (tertiary/aromatic N) is 2. The molecule has 1 heterocycles. The third kappa shape index (κ3) is 4.27. The van der Waals surface area contributed by atoms with Crippen molar-refractivity contribution in [1.29, 1.82) is 0 Å². The molecule has 0 aromatic heterocycles. The van der Waals surface area contributed by atoms with Crippen LogP contribution in [0.4, 0.5) is 5.69 Å². The molecular weight excluding hydrogens is 384 g/mol. The van der Waals surface area contributed by atoms with E-state index in [1.807, 2.05) is 0 Å². The van der Waals surface area contributed by atoms with Gasteiger partial charge >= 0.3 is 0 Å². The molecule has 2 aromatic rings. The van der Waals surface area contributed by atoms with Crippen molar-refractivity contribution in [1.82, 2.24) is 4.31 Å². The molecule has 3 rings (SSSR count). The Labute approximate surface area is 164 Å². The van der Waals surface area contributed by atoms with E-state index >= 15 is 0 Å². The fourth-order valence-corrected chi connectivity index (χ4v) is 4.36. The molecule has 2 aromatic carbocycles. The van der Waals surface area contributed by atoms with Gasteiger partial charge in [0.25, 0.3) is 0 Å². The van der Waals surface area contributed by atoms with Crippen LogP contribution in [0, 0.1) is 0 Å². The van der Waals surface area contributed by atoms with Crippen LogP contribution in [0.2, 0.25) is 0 Å². The summed E-state index contributed by atoms with van der Waals surface area (Å²) >= 11 is 0. The Morgan fingerprint density at radius 2 is 1.86 bits per heavy atom. The molecule has 1 aliphatic rings. The van der Waals surface area contributed by atoms with E-state index in [-0.39, 0.29) is 29.5 Å². The van der Waals surface area contributed by atoms with Gasteiger partial charge in [0.2, 0.25) is 10.0 Å². The fraction of sp³-hybridized carbons (Fsp3) is 0.316. The Balaban J connectivity index is 1.95. The lowest BCUT2D eigenvalue weighted by atomic mass is 10.2. The zero-order chi connectivity index (χ0) is 20.1. The van der Waals surface area contributed by atoms with Crippen LogP contribution in [0.5, 0.6) is 17.2 Å². The van der Waals surface area contributed by atoms with Gasteiger partial charge in [-0.05, 0) is 36.4 Å². The number of aromatic hydroxyl groups is 1. The average molecular weight is 406 g/mol. The molecule has 0 amide bonds. The summed E-state index contributed by atoms with van der Waals surface area (Å²) in [7, 11) is -0.795. The molecule has 1 fully saturated rings. The Bertz CT molecular complexity index is 968. The molecule has 0 saturated carbocycles. The van der Waals surface area contributed by atoms with Crippen LogP contribution in [-0.4, -0.2) is 64.6 Å². The van der Waals surface area contributed by atoms with E-state index in [2.05, 4.69) is 4.99 Å². The van der Waals surface area contributed by atoms with E-state index in [4.69, 9.17) is 14.2 Å². The number of sulfonamides is 1. The van der Waals surface area contributed by atoms with Crippen LogP contribution >= 0.6 is 0 Å². The topological polar surface area (TPSA) is 97.7 Å². The number of phenols is 1. The number of ether oxygens (including phenoxy) is 3. The second-order valence-corrected chi connectivity index (χ2v) is 7.94. The molecule has 9 heteroatoms. The molecule has 0 aliphatic carbocycles. The van der Waals surface area contributed by atoms with Gasteiger partial charge < -0.3 is 19.3 Å². The monoisotopic (exact) mass is 406 g/mol. The van der Waals surface area contributed by atoms with E-state index in [1.165, 1.54) is 36.9 Å². The van der Waals surface area contributed by atoms with Gasteiger partial charge in [0.05, 0.1) is 33.1 Å². The maximum absolute atomic E-state index is 13.0. The summed E-state index contributed by atoms with van der Waals surface area (Å²) in [6.45, 7) is 1.29. The van der Waals surface area contributed by atoms with Crippen molar-refractivity contribution in [3.05, 3.63) is 42.0 Å². The summed E-state index contributed by atoms with van der Waals surface area (Å²) < 4.78 is 43.0. The van der Waals surface area contributed by atoms with E-state index < -0.39 is 10.0 Å². The highest BCUT2D eigenvalue weighted by Crippen LogP contribution is 2.31. The van der Waals surface area contributed by atoms with Gasteiger partial charge in [0.15, 0.2) is 0 Å². The maximum Gasteiger partial charge on any atom is 0.246 e. The first-order chi connectivity index (χ1) is 13.5. The third-order valence-corrected chi connectivity index (χ3v) is 6.24. The zero-order valence-corrected chi connectivity index (χ0v) is 16.5. The summed E-state index contributed by atoms with van der Waals surface area (Å²) in [5.74, 6) is 0.860. The van der Waals surface area contributed by atoms with Crippen molar-refractivity contribution in [2.24, 2.45) is 4.99 Å². The number of hydrogen-bond donors (Lipinski definition) is 1. The third-order valence-electron chi connectivity index (χ3n) is 4.32. The number of morpholine rings is 1. The predicted molar refractivity (Wildman–Crippen MR) is 104 cm³/mol. The van der Waals surface area contributed by atoms with Crippen LogP contribution in [0.15, 0.2) is 46.3 Å². The Kier molecular flexibility index (Phi) is 6.18. The summed E-state index contributed by atoms with van der Waals surface area (Å²) in [6, 6.07) is 9.43. The van der Waals surface area contributed by atoms with E-state index in [0.717, 1.165) is 0 Å². The number of rotatable bonds is 6. The maximum atomic E-state index is 13.0. The van der Waals surface area contributed by atoms with E-state index in [9.17, 15) is 13.5 Å². The quantitative estimate of drug-likeness (QED) is 0.739. The Morgan fingerprint density at radius 3 is 2.54 bits per heavy atom. The van der Waals surface area contributed by atoms with Crippen molar-refractivity contribution < 1.29 is 27.7 Å². The lowest BCUT2D eigenvalue weighted by molar-refractivity contribution is 0.0729. The smallest absolute Gasteiger partial charge is 0.246 e. The van der Waals surface area contributed by atoms with Crippen LogP contribution in [-0.2, 0) is 14.8 Å². The molecule has 1 saturated heterocycles. The molecule has 1 aliphatic heterocycles. The van der Waals surface area contributed by atoms with Crippen molar-refractivity contribution in [2.45, 2.75) is 4.90 Å². The second-order valence-electron chi connectivity index (χ2n) is 6.03. The number of phenolic OH excluding ortho intramolecular Hbond substituents is 1. The highest BCUT2D eigenvalue weighted by molar-refractivity contribution is 7.89. The summed E-state index contributed by atoms with van der Waals surface area (Å²) in [5.41, 5.74) is 0.864. The number of methoxy groups -OCH3 is 2. The Hall–Kier alpha value is -2.62. The zero-order valence-electron chi connectivity index (χ0n) is 15.7. The molecule has 8 nitrogen and oxygen atoms in total. The summed E-state index contributed by atoms with van der Waals surface area (Å²) in [6.07, 6.45) is 1.45. The lowest BCUT2D eigenvalue weighted by Crippen LogP contribution is -2.40. The van der Waals surface area contributed by atoms with E-state index in [0.29, 0.717) is 30.2 Å². The molecule has 0 unspecified atom stereocenters. The standard InChI is InChI=1S/C19H22N2O6S/c1-25-16-4-5-17(22)14(11-16)13-20-15-3-6-18(26-2)19(12-15)28(23,24)21-7-9-27-10-8-21/h3-6,11-13,22H,7-10H2,1-2H3. The summed E-state index contributed by atoms with van der Waals surface area (Å²) in [5, 5.41) is 9.96.